The molecule has 1 aromatic heterocycles. The minimum atomic E-state index is -4.55. The second-order valence-corrected chi connectivity index (χ2v) is 5.00. The van der Waals surface area contributed by atoms with Crippen LogP contribution >= 0.6 is 10.7 Å². The van der Waals surface area contributed by atoms with E-state index in [9.17, 15) is 22.0 Å². The first-order chi connectivity index (χ1) is 6.73. The summed E-state index contributed by atoms with van der Waals surface area (Å²) in [6.07, 6.45) is -3.27. The maximum atomic E-state index is 12.3. The predicted octanol–water partition coefficient (Wildman–Crippen LogP) is 0.946. The van der Waals surface area contributed by atoms with E-state index >= 15 is 0 Å². The van der Waals surface area contributed by atoms with Crippen LogP contribution in [0.15, 0.2) is 15.9 Å². The van der Waals surface area contributed by atoms with Gasteiger partial charge in [-0.25, -0.2) is 17.2 Å². The fourth-order valence-corrected chi connectivity index (χ4v) is 1.98. The predicted molar refractivity (Wildman–Crippen MR) is 46.7 cm³/mol. The number of rotatable bonds is 2. The summed E-state index contributed by atoms with van der Waals surface area (Å²) in [6, 6.07) is 0.438. The Bertz CT molecular complexity index is 539. The molecule has 2 N–H and O–H groups in total. The molecule has 0 amide bonds. The quantitative estimate of drug-likeness (QED) is 0.774. The van der Waals surface area contributed by atoms with Gasteiger partial charge in [-0.3, -0.25) is 4.79 Å². The second-order valence-electron chi connectivity index (χ2n) is 2.50. The van der Waals surface area contributed by atoms with Gasteiger partial charge in [0.15, 0.2) is 5.03 Å². The number of halogens is 3. The van der Waals surface area contributed by atoms with Crippen molar-refractivity contribution in [3.8, 4) is 5.75 Å². The smallest absolute Gasteiger partial charge is 0.277 e. The molecule has 0 aliphatic carbocycles. The molecule has 0 saturated carbocycles. The van der Waals surface area contributed by atoms with Crippen molar-refractivity contribution in [2.75, 3.05) is 0 Å². The summed E-state index contributed by atoms with van der Waals surface area (Å²) in [4.78, 5) is 12.4. The lowest BCUT2D eigenvalue weighted by Crippen LogP contribution is -2.12. The standard InChI is InChI=1S/C6H4ClF2NO4S/c7-15(13,14)6-4(5(8)9)2(11)1-3(12)10-6/h1,5H,(H2,10,11,12). The molecule has 0 aliphatic rings. The molecular weight excluding hydrogens is 256 g/mol. The monoisotopic (exact) mass is 259 g/mol. The Labute approximate surface area is 86.7 Å². The Morgan fingerprint density at radius 3 is 2.40 bits per heavy atom. The fraction of sp³-hybridized carbons (Fsp3) is 0.167. The topological polar surface area (TPSA) is 87.2 Å². The molecule has 84 valence electrons. The van der Waals surface area contributed by atoms with Crippen molar-refractivity contribution in [2.24, 2.45) is 0 Å². The molecule has 0 atom stereocenters. The van der Waals surface area contributed by atoms with Crippen molar-refractivity contribution in [1.82, 2.24) is 4.98 Å². The molecule has 0 spiro atoms. The van der Waals surface area contributed by atoms with Crippen LogP contribution in [0.3, 0.4) is 0 Å². The summed E-state index contributed by atoms with van der Waals surface area (Å²) in [5.74, 6) is -1.12. The van der Waals surface area contributed by atoms with Crippen molar-refractivity contribution < 1.29 is 22.3 Å². The Kier molecular flexibility index (Phi) is 3.00. The normalized spacial score (nSPS) is 12.0. The van der Waals surface area contributed by atoms with Crippen LogP contribution in [0, 0.1) is 0 Å². The van der Waals surface area contributed by atoms with E-state index in [-0.39, 0.29) is 0 Å². The summed E-state index contributed by atoms with van der Waals surface area (Å²) in [6.45, 7) is 0. The molecule has 0 aromatic carbocycles. The Morgan fingerprint density at radius 1 is 1.47 bits per heavy atom. The molecule has 15 heavy (non-hydrogen) atoms. The van der Waals surface area contributed by atoms with E-state index in [4.69, 9.17) is 15.8 Å². The zero-order valence-corrected chi connectivity index (χ0v) is 8.44. The van der Waals surface area contributed by atoms with Crippen LogP contribution in [0.4, 0.5) is 8.78 Å². The van der Waals surface area contributed by atoms with Crippen LogP contribution in [0.25, 0.3) is 0 Å². The number of H-pyrrole nitrogens is 1. The lowest BCUT2D eigenvalue weighted by Gasteiger charge is -2.06. The van der Waals surface area contributed by atoms with E-state index < -0.39 is 37.4 Å². The minimum Gasteiger partial charge on any atom is -0.507 e. The van der Waals surface area contributed by atoms with Crippen molar-refractivity contribution in [2.45, 2.75) is 11.5 Å². The number of hydrogen-bond acceptors (Lipinski definition) is 4. The van der Waals surface area contributed by atoms with E-state index in [2.05, 4.69) is 0 Å². The van der Waals surface area contributed by atoms with Gasteiger partial charge in [0, 0.05) is 16.7 Å². The van der Waals surface area contributed by atoms with Crippen LogP contribution < -0.4 is 5.56 Å². The molecular formula is C6H4ClF2NO4S. The number of alkyl halides is 2. The average Bonchev–Trinajstić information content (AvgIpc) is 1.99. The largest absolute Gasteiger partial charge is 0.507 e. The van der Waals surface area contributed by atoms with Gasteiger partial charge in [-0.05, 0) is 0 Å². The summed E-state index contributed by atoms with van der Waals surface area (Å²) in [7, 11) is 0.263. The number of pyridine rings is 1. The molecule has 0 saturated heterocycles. The lowest BCUT2D eigenvalue weighted by molar-refractivity contribution is 0.142. The first-order valence-corrected chi connectivity index (χ1v) is 5.73. The SMILES string of the molecule is O=c1cc(O)c(C(F)F)c(S(=O)(=O)Cl)[nH]1. The molecule has 0 unspecified atom stereocenters. The van der Waals surface area contributed by atoms with Gasteiger partial charge in [0.1, 0.15) is 5.75 Å². The molecule has 1 rings (SSSR count). The van der Waals surface area contributed by atoms with E-state index in [1.54, 1.807) is 4.98 Å². The third-order valence-electron chi connectivity index (χ3n) is 1.49. The second kappa shape index (κ2) is 3.78. The maximum absolute atomic E-state index is 12.3. The summed E-state index contributed by atoms with van der Waals surface area (Å²) in [5.41, 5.74) is -2.26. The minimum absolute atomic E-state index is 0.438. The van der Waals surface area contributed by atoms with Gasteiger partial charge in [0.25, 0.3) is 21.0 Å². The van der Waals surface area contributed by atoms with Crippen molar-refractivity contribution >= 4 is 19.7 Å². The number of nitrogens with one attached hydrogen (secondary N) is 1. The number of aromatic hydroxyl groups is 1. The molecule has 1 aromatic rings. The highest BCUT2D eigenvalue weighted by Crippen LogP contribution is 2.32. The highest BCUT2D eigenvalue weighted by Gasteiger charge is 2.26. The molecule has 0 fully saturated rings. The number of aromatic nitrogens is 1. The first kappa shape index (κ1) is 11.9. The van der Waals surface area contributed by atoms with Gasteiger partial charge in [0.05, 0.1) is 5.56 Å². The molecule has 0 radical (unpaired) electrons. The third-order valence-corrected chi connectivity index (χ3v) is 2.76. The third kappa shape index (κ3) is 2.45. The number of aromatic amines is 1. The van der Waals surface area contributed by atoms with Crippen molar-refractivity contribution in [3.05, 3.63) is 22.0 Å². The van der Waals surface area contributed by atoms with Crippen LogP contribution in [-0.2, 0) is 9.05 Å². The van der Waals surface area contributed by atoms with E-state index in [0.717, 1.165) is 0 Å². The maximum Gasteiger partial charge on any atom is 0.277 e. The Morgan fingerprint density at radius 2 is 2.00 bits per heavy atom. The Hall–Kier alpha value is -1.15. The fourth-order valence-electron chi connectivity index (χ4n) is 0.937. The van der Waals surface area contributed by atoms with Crippen LogP contribution in [-0.4, -0.2) is 18.5 Å². The van der Waals surface area contributed by atoms with Crippen LogP contribution in [0.2, 0.25) is 0 Å². The van der Waals surface area contributed by atoms with Crippen molar-refractivity contribution in [1.29, 1.82) is 0 Å². The zero-order chi connectivity index (χ0) is 11.8. The van der Waals surface area contributed by atoms with Crippen LogP contribution in [0.1, 0.15) is 12.0 Å². The van der Waals surface area contributed by atoms with E-state index in [1.165, 1.54) is 0 Å². The highest BCUT2D eigenvalue weighted by atomic mass is 35.7. The molecule has 1 heterocycles. The van der Waals surface area contributed by atoms with Crippen LogP contribution in [0.5, 0.6) is 5.75 Å². The van der Waals surface area contributed by atoms with Gasteiger partial charge in [-0.2, -0.15) is 0 Å². The molecule has 0 aliphatic heterocycles. The molecule has 0 bridgehead atoms. The lowest BCUT2D eigenvalue weighted by atomic mass is 10.3. The van der Waals surface area contributed by atoms with Gasteiger partial charge in [0.2, 0.25) is 0 Å². The van der Waals surface area contributed by atoms with E-state index in [1.807, 2.05) is 0 Å². The van der Waals surface area contributed by atoms with E-state index in [0.29, 0.717) is 6.07 Å². The number of hydrogen-bond donors (Lipinski definition) is 2. The average molecular weight is 260 g/mol. The summed E-state index contributed by atoms with van der Waals surface area (Å²) in [5, 5.41) is 7.79. The highest BCUT2D eigenvalue weighted by molar-refractivity contribution is 8.13. The Balaban J connectivity index is 3.70. The summed E-state index contributed by atoms with van der Waals surface area (Å²) < 4.78 is 46.3. The van der Waals surface area contributed by atoms with Gasteiger partial charge in [-0.15, -0.1) is 0 Å². The summed E-state index contributed by atoms with van der Waals surface area (Å²) >= 11 is 0. The first-order valence-electron chi connectivity index (χ1n) is 3.42. The van der Waals surface area contributed by atoms with Gasteiger partial charge < -0.3 is 10.1 Å². The van der Waals surface area contributed by atoms with Gasteiger partial charge >= 0.3 is 0 Å². The van der Waals surface area contributed by atoms with Gasteiger partial charge in [-0.1, -0.05) is 0 Å². The molecule has 5 nitrogen and oxygen atoms in total. The molecule has 9 heteroatoms. The zero-order valence-electron chi connectivity index (χ0n) is 6.87. The van der Waals surface area contributed by atoms with Crippen molar-refractivity contribution in [3.63, 3.8) is 0 Å².